The van der Waals surface area contributed by atoms with Crippen LogP contribution in [-0.2, 0) is 4.74 Å². The van der Waals surface area contributed by atoms with Crippen LogP contribution < -0.4 is 4.74 Å². The Labute approximate surface area is 111 Å². The van der Waals surface area contributed by atoms with Crippen molar-refractivity contribution in [1.82, 2.24) is 0 Å². The molecule has 0 heterocycles. The normalized spacial score (nSPS) is 10.3. The summed E-state index contributed by atoms with van der Waals surface area (Å²) in [7, 11) is 0. The average molecular weight is 248 g/mol. The molecule has 0 saturated heterocycles. The monoisotopic (exact) mass is 248 g/mol. The van der Waals surface area contributed by atoms with Crippen LogP contribution in [-0.4, -0.2) is 19.8 Å². The molecule has 1 aromatic carbocycles. The zero-order valence-electron chi connectivity index (χ0n) is 11.6. The van der Waals surface area contributed by atoms with Crippen molar-refractivity contribution in [1.29, 1.82) is 0 Å². The molecule has 0 radical (unpaired) electrons. The fourth-order valence-corrected chi connectivity index (χ4v) is 1.68. The summed E-state index contributed by atoms with van der Waals surface area (Å²) in [5.74, 6) is 0.930. The van der Waals surface area contributed by atoms with Crippen molar-refractivity contribution in [3.63, 3.8) is 0 Å². The number of ether oxygens (including phenoxy) is 2. The zero-order valence-corrected chi connectivity index (χ0v) is 11.6. The van der Waals surface area contributed by atoms with E-state index in [1.165, 1.54) is 0 Å². The van der Waals surface area contributed by atoms with Crippen LogP contribution in [0, 0.1) is 0 Å². The first kappa shape index (κ1) is 14.8. The van der Waals surface area contributed by atoms with Crippen molar-refractivity contribution in [3.8, 4) is 5.75 Å². The van der Waals surface area contributed by atoms with E-state index >= 15 is 0 Å². The summed E-state index contributed by atoms with van der Waals surface area (Å²) in [5.41, 5.74) is 2.14. The van der Waals surface area contributed by atoms with Gasteiger partial charge in [-0.2, -0.15) is 0 Å². The molecule has 0 aliphatic rings. The van der Waals surface area contributed by atoms with Crippen LogP contribution in [0.4, 0.5) is 0 Å². The lowest BCUT2D eigenvalue weighted by Crippen LogP contribution is -2.02. The van der Waals surface area contributed by atoms with Gasteiger partial charge in [-0.25, -0.2) is 0 Å². The molecule has 0 bridgehead atoms. The van der Waals surface area contributed by atoms with Crippen molar-refractivity contribution in [2.75, 3.05) is 19.8 Å². The van der Waals surface area contributed by atoms with Crippen LogP contribution >= 0.6 is 0 Å². The lowest BCUT2D eigenvalue weighted by Gasteiger charge is -2.11. The van der Waals surface area contributed by atoms with Crippen LogP contribution in [0.3, 0.4) is 0 Å². The average Bonchev–Trinajstić information content (AvgIpc) is 2.38. The molecule has 0 saturated carbocycles. The minimum Gasteiger partial charge on any atom is -0.493 e. The summed E-state index contributed by atoms with van der Waals surface area (Å²) in [5, 5.41) is 0. The Morgan fingerprint density at radius 3 is 2.56 bits per heavy atom. The van der Waals surface area contributed by atoms with Crippen molar-refractivity contribution < 1.29 is 9.47 Å². The Bertz CT molecular complexity index is 358. The van der Waals surface area contributed by atoms with Gasteiger partial charge in [0, 0.05) is 18.8 Å². The Kier molecular flexibility index (Phi) is 7.19. The fourth-order valence-electron chi connectivity index (χ4n) is 1.68. The third-order valence-electron chi connectivity index (χ3n) is 2.64. The number of rotatable bonds is 9. The van der Waals surface area contributed by atoms with E-state index < -0.39 is 0 Å². The van der Waals surface area contributed by atoms with Crippen LogP contribution in [0.1, 0.15) is 38.7 Å². The number of unbranched alkanes of at least 4 members (excludes halogenated alkanes) is 1. The first-order chi connectivity index (χ1) is 8.75. The van der Waals surface area contributed by atoms with Crippen LogP contribution in [0.2, 0.25) is 0 Å². The highest BCUT2D eigenvalue weighted by atomic mass is 16.5. The van der Waals surface area contributed by atoms with E-state index in [0.29, 0.717) is 0 Å². The van der Waals surface area contributed by atoms with Gasteiger partial charge in [0.05, 0.1) is 6.61 Å². The lowest BCUT2D eigenvalue weighted by atomic mass is 10.1. The second-order valence-corrected chi connectivity index (χ2v) is 4.44. The highest BCUT2D eigenvalue weighted by Gasteiger charge is 2.02. The highest BCUT2D eigenvalue weighted by molar-refractivity contribution is 5.66. The third-order valence-corrected chi connectivity index (χ3v) is 2.64. The predicted octanol–water partition coefficient (Wildman–Crippen LogP) is 4.31. The molecule has 0 aliphatic heterocycles. The maximum Gasteiger partial charge on any atom is 0.126 e. The summed E-state index contributed by atoms with van der Waals surface area (Å²) in [4.78, 5) is 0. The SMILES string of the molecule is C=C(C)c1ccccc1OCCCCOCCC. The van der Waals surface area contributed by atoms with Crippen LogP contribution in [0.25, 0.3) is 5.57 Å². The number of para-hydroxylation sites is 1. The van der Waals surface area contributed by atoms with Gasteiger partial charge in [0.25, 0.3) is 0 Å². The molecule has 100 valence electrons. The standard InChI is InChI=1S/C16H24O2/c1-4-11-17-12-7-8-13-18-16-10-6-5-9-15(16)14(2)3/h5-6,9-10H,2,4,7-8,11-13H2,1,3H3. The summed E-state index contributed by atoms with van der Waals surface area (Å²) in [6, 6.07) is 8.04. The first-order valence-corrected chi connectivity index (χ1v) is 6.71. The van der Waals surface area contributed by atoms with E-state index in [2.05, 4.69) is 13.5 Å². The third kappa shape index (κ3) is 5.37. The predicted molar refractivity (Wildman–Crippen MR) is 77.0 cm³/mol. The smallest absolute Gasteiger partial charge is 0.126 e. The number of hydrogen-bond donors (Lipinski definition) is 0. The van der Waals surface area contributed by atoms with E-state index in [0.717, 1.165) is 56.0 Å². The van der Waals surface area contributed by atoms with E-state index in [1.807, 2.05) is 31.2 Å². The summed E-state index contributed by atoms with van der Waals surface area (Å²) in [6.07, 6.45) is 3.16. The lowest BCUT2D eigenvalue weighted by molar-refractivity contribution is 0.127. The second kappa shape index (κ2) is 8.76. The molecule has 1 aromatic rings. The van der Waals surface area contributed by atoms with Gasteiger partial charge in [-0.05, 0) is 37.8 Å². The van der Waals surface area contributed by atoms with E-state index in [-0.39, 0.29) is 0 Å². The van der Waals surface area contributed by atoms with Gasteiger partial charge in [-0.3, -0.25) is 0 Å². The quantitative estimate of drug-likeness (QED) is 0.606. The molecule has 0 aliphatic carbocycles. The molecule has 0 aromatic heterocycles. The minimum atomic E-state index is 0.736. The van der Waals surface area contributed by atoms with Gasteiger partial charge in [0.2, 0.25) is 0 Å². The van der Waals surface area contributed by atoms with E-state index in [1.54, 1.807) is 0 Å². The van der Waals surface area contributed by atoms with Crippen molar-refractivity contribution >= 4 is 5.57 Å². The Morgan fingerprint density at radius 2 is 1.83 bits per heavy atom. The molecule has 2 heteroatoms. The maximum absolute atomic E-state index is 5.79. The molecule has 0 fully saturated rings. The topological polar surface area (TPSA) is 18.5 Å². The molecule has 1 rings (SSSR count). The molecule has 0 N–H and O–H groups in total. The Balaban J connectivity index is 2.25. The number of benzene rings is 1. The van der Waals surface area contributed by atoms with Crippen LogP contribution in [0.5, 0.6) is 5.75 Å². The molecular formula is C16H24O2. The Hall–Kier alpha value is -1.28. The summed E-state index contributed by atoms with van der Waals surface area (Å²) >= 11 is 0. The second-order valence-electron chi connectivity index (χ2n) is 4.44. The van der Waals surface area contributed by atoms with Gasteiger partial charge < -0.3 is 9.47 Å². The van der Waals surface area contributed by atoms with Crippen molar-refractivity contribution in [2.24, 2.45) is 0 Å². The van der Waals surface area contributed by atoms with E-state index in [4.69, 9.17) is 9.47 Å². The maximum atomic E-state index is 5.79. The molecule has 0 amide bonds. The van der Waals surface area contributed by atoms with Gasteiger partial charge in [-0.15, -0.1) is 0 Å². The fraction of sp³-hybridized carbons (Fsp3) is 0.500. The van der Waals surface area contributed by atoms with Crippen LogP contribution in [0.15, 0.2) is 30.8 Å². The van der Waals surface area contributed by atoms with Gasteiger partial charge in [0.15, 0.2) is 0 Å². The van der Waals surface area contributed by atoms with Gasteiger partial charge in [-0.1, -0.05) is 31.7 Å². The summed E-state index contributed by atoms with van der Waals surface area (Å²) < 4.78 is 11.2. The minimum absolute atomic E-state index is 0.736. The van der Waals surface area contributed by atoms with Gasteiger partial charge >= 0.3 is 0 Å². The van der Waals surface area contributed by atoms with Crippen molar-refractivity contribution in [2.45, 2.75) is 33.1 Å². The highest BCUT2D eigenvalue weighted by Crippen LogP contribution is 2.24. The largest absolute Gasteiger partial charge is 0.493 e. The molecule has 0 unspecified atom stereocenters. The number of hydrogen-bond acceptors (Lipinski definition) is 2. The molecular weight excluding hydrogens is 224 g/mol. The molecule has 0 spiro atoms. The Morgan fingerprint density at radius 1 is 1.11 bits per heavy atom. The van der Waals surface area contributed by atoms with E-state index in [9.17, 15) is 0 Å². The van der Waals surface area contributed by atoms with Crippen molar-refractivity contribution in [3.05, 3.63) is 36.4 Å². The molecule has 0 atom stereocenters. The summed E-state index contributed by atoms with van der Waals surface area (Å²) in [6.45, 7) is 10.5. The zero-order chi connectivity index (χ0) is 13.2. The first-order valence-electron chi connectivity index (χ1n) is 6.71. The molecule has 2 nitrogen and oxygen atoms in total. The number of allylic oxidation sites excluding steroid dienone is 1. The molecule has 18 heavy (non-hydrogen) atoms. The van der Waals surface area contributed by atoms with Gasteiger partial charge in [0.1, 0.15) is 5.75 Å².